The molecule has 2 aromatic carbocycles. The molecule has 0 saturated heterocycles. The maximum absolute atomic E-state index is 12.0. The van der Waals surface area contributed by atoms with Crippen LogP contribution in [-0.4, -0.2) is 10.8 Å². The zero-order valence-corrected chi connectivity index (χ0v) is 14.1. The number of aryl methyl sites for hydroxylation is 1. The predicted molar refractivity (Wildman–Crippen MR) is 99.6 cm³/mol. The molecule has 0 unspecified atom stereocenters. The van der Waals surface area contributed by atoms with Crippen LogP contribution in [0.5, 0.6) is 5.75 Å². The van der Waals surface area contributed by atoms with Gasteiger partial charge in [0.15, 0.2) is 0 Å². The summed E-state index contributed by atoms with van der Waals surface area (Å²) in [5.74, 6) is 0.692. The van der Waals surface area contributed by atoms with Gasteiger partial charge in [0, 0.05) is 6.20 Å². The Kier molecular flexibility index (Phi) is 5.37. The Bertz CT molecular complexity index is 868. The van der Waals surface area contributed by atoms with E-state index in [-0.39, 0.29) is 5.78 Å². The maximum Gasteiger partial charge on any atom is 0.204 e. The van der Waals surface area contributed by atoms with Crippen LogP contribution in [0.15, 0.2) is 79.0 Å². The van der Waals surface area contributed by atoms with E-state index in [2.05, 4.69) is 24.0 Å². The van der Waals surface area contributed by atoms with Crippen molar-refractivity contribution in [1.29, 1.82) is 0 Å². The Morgan fingerprint density at radius 1 is 1.00 bits per heavy atom. The normalized spacial score (nSPS) is 10.8. The Morgan fingerprint density at radius 3 is 2.48 bits per heavy atom. The molecule has 25 heavy (non-hydrogen) atoms. The predicted octanol–water partition coefficient (Wildman–Crippen LogP) is 4.87. The summed E-state index contributed by atoms with van der Waals surface area (Å²) in [5.41, 5.74) is 3.77. The SMILES string of the molecule is Cc1ccccc1COc1ccc(/C=C/C(=O)c2ccccn2)cc1. The molecule has 3 rings (SSSR count). The fraction of sp³-hybridized carbons (Fsp3) is 0.0909. The summed E-state index contributed by atoms with van der Waals surface area (Å²) in [6.45, 7) is 2.62. The van der Waals surface area contributed by atoms with Gasteiger partial charge in [-0.25, -0.2) is 0 Å². The molecule has 124 valence electrons. The molecule has 0 fully saturated rings. The van der Waals surface area contributed by atoms with Gasteiger partial charge in [-0.2, -0.15) is 0 Å². The molecule has 0 saturated carbocycles. The highest BCUT2D eigenvalue weighted by Gasteiger charge is 2.02. The molecule has 1 aromatic heterocycles. The number of hydrogen-bond acceptors (Lipinski definition) is 3. The number of allylic oxidation sites excluding steroid dienone is 1. The second-order valence-corrected chi connectivity index (χ2v) is 5.70. The third kappa shape index (κ3) is 4.64. The summed E-state index contributed by atoms with van der Waals surface area (Å²) in [4.78, 5) is 16.0. The monoisotopic (exact) mass is 329 g/mol. The summed E-state index contributed by atoms with van der Waals surface area (Å²) in [6.07, 6.45) is 4.93. The molecule has 3 aromatic rings. The molecule has 0 radical (unpaired) electrons. The van der Waals surface area contributed by atoms with E-state index in [4.69, 9.17) is 4.74 Å². The molecule has 0 amide bonds. The highest BCUT2D eigenvalue weighted by Crippen LogP contribution is 2.16. The summed E-state index contributed by atoms with van der Waals surface area (Å²) >= 11 is 0. The Morgan fingerprint density at radius 2 is 1.76 bits per heavy atom. The van der Waals surface area contributed by atoms with Crippen LogP contribution >= 0.6 is 0 Å². The molecule has 0 aliphatic heterocycles. The van der Waals surface area contributed by atoms with E-state index in [1.807, 2.05) is 36.4 Å². The standard InChI is InChI=1S/C22H19NO2/c1-17-6-2-3-7-19(17)16-25-20-12-9-18(10-13-20)11-14-22(24)21-8-4-5-15-23-21/h2-15H,16H2,1H3/b14-11+. The van der Waals surface area contributed by atoms with E-state index in [0.29, 0.717) is 12.3 Å². The smallest absolute Gasteiger partial charge is 0.204 e. The third-order valence-corrected chi connectivity index (χ3v) is 3.88. The van der Waals surface area contributed by atoms with E-state index in [0.717, 1.165) is 11.3 Å². The number of hydrogen-bond donors (Lipinski definition) is 0. The fourth-order valence-corrected chi connectivity index (χ4v) is 2.37. The highest BCUT2D eigenvalue weighted by molar-refractivity contribution is 6.05. The molecular weight excluding hydrogens is 310 g/mol. The van der Waals surface area contributed by atoms with E-state index in [1.54, 1.807) is 30.5 Å². The number of ether oxygens (including phenoxy) is 1. The quantitative estimate of drug-likeness (QED) is 0.478. The molecule has 0 bridgehead atoms. The first-order valence-electron chi connectivity index (χ1n) is 8.13. The molecule has 0 N–H and O–H groups in total. The number of nitrogens with zero attached hydrogens (tertiary/aromatic N) is 1. The zero-order valence-electron chi connectivity index (χ0n) is 14.1. The van der Waals surface area contributed by atoms with Gasteiger partial charge in [-0.05, 0) is 54.0 Å². The van der Waals surface area contributed by atoms with E-state index >= 15 is 0 Å². The van der Waals surface area contributed by atoms with Gasteiger partial charge >= 0.3 is 0 Å². The largest absolute Gasteiger partial charge is 0.489 e. The van der Waals surface area contributed by atoms with Crippen LogP contribution in [0.2, 0.25) is 0 Å². The molecule has 1 heterocycles. The minimum absolute atomic E-state index is 0.111. The van der Waals surface area contributed by atoms with Gasteiger partial charge in [0.25, 0.3) is 0 Å². The second kappa shape index (κ2) is 8.06. The van der Waals surface area contributed by atoms with Crippen molar-refractivity contribution in [2.45, 2.75) is 13.5 Å². The van der Waals surface area contributed by atoms with Gasteiger partial charge in [0.1, 0.15) is 18.1 Å². The molecular formula is C22H19NO2. The van der Waals surface area contributed by atoms with Gasteiger partial charge in [-0.3, -0.25) is 9.78 Å². The van der Waals surface area contributed by atoms with Crippen LogP contribution in [-0.2, 0) is 6.61 Å². The average molecular weight is 329 g/mol. The molecule has 0 spiro atoms. The van der Waals surface area contributed by atoms with Crippen molar-refractivity contribution in [3.8, 4) is 5.75 Å². The molecule has 0 aliphatic carbocycles. The average Bonchev–Trinajstić information content (AvgIpc) is 2.67. The van der Waals surface area contributed by atoms with Gasteiger partial charge in [-0.15, -0.1) is 0 Å². The molecule has 3 nitrogen and oxygen atoms in total. The van der Waals surface area contributed by atoms with E-state index in [9.17, 15) is 4.79 Å². The number of aromatic nitrogens is 1. The minimum Gasteiger partial charge on any atom is -0.489 e. The van der Waals surface area contributed by atoms with Gasteiger partial charge in [-0.1, -0.05) is 48.5 Å². The number of benzene rings is 2. The second-order valence-electron chi connectivity index (χ2n) is 5.70. The Balaban J connectivity index is 1.60. The summed E-state index contributed by atoms with van der Waals surface area (Å²) in [7, 11) is 0. The summed E-state index contributed by atoms with van der Waals surface area (Å²) in [5, 5.41) is 0. The van der Waals surface area contributed by atoms with Crippen molar-refractivity contribution in [3.05, 3.63) is 101 Å². The number of rotatable bonds is 6. The van der Waals surface area contributed by atoms with E-state index in [1.165, 1.54) is 17.2 Å². The Hall–Kier alpha value is -3.20. The van der Waals surface area contributed by atoms with Crippen LogP contribution in [0.3, 0.4) is 0 Å². The molecule has 0 aliphatic rings. The van der Waals surface area contributed by atoms with Crippen molar-refractivity contribution in [2.24, 2.45) is 0 Å². The lowest BCUT2D eigenvalue weighted by Crippen LogP contribution is -1.97. The third-order valence-electron chi connectivity index (χ3n) is 3.88. The lowest BCUT2D eigenvalue weighted by Gasteiger charge is -2.08. The van der Waals surface area contributed by atoms with Crippen LogP contribution in [0.4, 0.5) is 0 Å². The first kappa shape index (κ1) is 16.7. The fourth-order valence-electron chi connectivity index (χ4n) is 2.37. The first-order valence-corrected chi connectivity index (χ1v) is 8.13. The van der Waals surface area contributed by atoms with Crippen LogP contribution in [0.1, 0.15) is 27.2 Å². The van der Waals surface area contributed by atoms with Crippen molar-refractivity contribution in [1.82, 2.24) is 4.98 Å². The topological polar surface area (TPSA) is 39.2 Å². The highest BCUT2D eigenvalue weighted by atomic mass is 16.5. The van der Waals surface area contributed by atoms with Crippen LogP contribution in [0.25, 0.3) is 6.08 Å². The lowest BCUT2D eigenvalue weighted by atomic mass is 10.1. The van der Waals surface area contributed by atoms with Crippen molar-refractivity contribution < 1.29 is 9.53 Å². The van der Waals surface area contributed by atoms with Crippen molar-refractivity contribution >= 4 is 11.9 Å². The maximum atomic E-state index is 12.0. The zero-order chi connectivity index (χ0) is 17.5. The first-order chi connectivity index (χ1) is 12.2. The minimum atomic E-state index is -0.111. The van der Waals surface area contributed by atoms with Gasteiger partial charge in [0.05, 0.1) is 0 Å². The van der Waals surface area contributed by atoms with Gasteiger partial charge in [0.2, 0.25) is 5.78 Å². The Labute approximate surface area is 147 Å². The van der Waals surface area contributed by atoms with Gasteiger partial charge < -0.3 is 4.74 Å². The van der Waals surface area contributed by atoms with Crippen LogP contribution < -0.4 is 4.74 Å². The molecule has 3 heteroatoms. The molecule has 0 atom stereocenters. The number of ketones is 1. The van der Waals surface area contributed by atoms with Crippen molar-refractivity contribution in [2.75, 3.05) is 0 Å². The van der Waals surface area contributed by atoms with E-state index < -0.39 is 0 Å². The summed E-state index contributed by atoms with van der Waals surface area (Å²) < 4.78 is 5.82. The number of pyridine rings is 1. The van der Waals surface area contributed by atoms with Crippen LogP contribution in [0, 0.1) is 6.92 Å². The number of carbonyl (C=O) groups is 1. The summed E-state index contributed by atoms with van der Waals surface area (Å²) in [6, 6.07) is 21.1. The number of carbonyl (C=O) groups excluding carboxylic acids is 1. The lowest BCUT2D eigenvalue weighted by molar-refractivity contribution is 0.104. The van der Waals surface area contributed by atoms with Crippen molar-refractivity contribution in [3.63, 3.8) is 0 Å².